The van der Waals surface area contributed by atoms with E-state index < -0.39 is 68.0 Å². The number of ether oxygens (including phenoxy) is 1. The van der Waals surface area contributed by atoms with Crippen LogP contribution >= 0.6 is 11.3 Å². The number of aromatic nitrogens is 2. The summed E-state index contributed by atoms with van der Waals surface area (Å²) in [6, 6.07) is 1.66. The van der Waals surface area contributed by atoms with Crippen molar-refractivity contribution in [3.8, 4) is 10.6 Å². The Morgan fingerprint density at radius 2 is 1.90 bits per heavy atom. The second kappa shape index (κ2) is 13.5. The lowest BCUT2D eigenvalue weighted by Crippen LogP contribution is -2.60. The Kier molecular flexibility index (Phi) is 9.61. The predicted molar refractivity (Wildman–Crippen MR) is 183 cm³/mol. The molecule has 2 aromatic rings. The average molecular weight is 713 g/mol. The van der Waals surface area contributed by atoms with E-state index >= 15 is 0 Å². The molecule has 5 atom stereocenters. The molecule has 3 saturated carbocycles. The van der Waals surface area contributed by atoms with Crippen LogP contribution in [0.2, 0.25) is 0 Å². The highest BCUT2D eigenvalue weighted by molar-refractivity contribution is 7.91. The number of pyridine rings is 1. The number of hydrogen-bond donors (Lipinski definition) is 3. The number of nitrogens with one attached hydrogen (secondary N) is 3. The molecule has 1 aliphatic heterocycles. The van der Waals surface area contributed by atoms with Crippen molar-refractivity contribution in [1.29, 1.82) is 0 Å². The Morgan fingerprint density at radius 1 is 1.16 bits per heavy atom. The maximum Gasteiger partial charge on any atom is 0.408 e. The second-order valence-electron chi connectivity index (χ2n) is 14.7. The Labute approximate surface area is 290 Å². The molecule has 13 nitrogen and oxygen atoms in total. The van der Waals surface area contributed by atoms with Crippen molar-refractivity contribution in [3.63, 3.8) is 0 Å². The van der Waals surface area contributed by atoms with E-state index in [4.69, 9.17) is 9.72 Å². The topological polar surface area (TPSA) is 177 Å². The summed E-state index contributed by atoms with van der Waals surface area (Å²) < 4.78 is 33.1. The number of alkyl carbamates (subject to hydrolysis) is 1. The van der Waals surface area contributed by atoms with E-state index in [0.29, 0.717) is 18.5 Å². The zero-order valence-corrected chi connectivity index (χ0v) is 29.6. The van der Waals surface area contributed by atoms with E-state index in [0.717, 1.165) is 36.3 Å². The molecule has 0 spiro atoms. The van der Waals surface area contributed by atoms with Gasteiger partial charge in [-0.1, -0.05) is 26.8 Å². The van der Waals surface area contributed by atoms with Crippen molar-refractivity contribution >= 4 is 45.2 Å². The molecule has 0 bridgehead atoms. The fraction of sp³-hybridized carbons (Fsp3) is 0.588. The number of carbonyl (C=O) groups is 4. The molecule has 4 fully saturated rings. The first-order chi connectivity index (χ1) is 23.2. The van der Waals surface area contributed by atoms with Gasteiger partial charge in [-0.15, -0.1) is 17.9 Å². The van der Waals surface area contributed by atoms with Crippen molar-refractivity contribution in [3.05, 3.63) is 48.3 Å². The molecule has 3 aliphatic carbocycles. The van der Waals surface area contributed by atoms with Crippen molar-refractivity contribution < 1.29 is 32.3 Å². The van der Waals surface area contributed by atoms with Crippen LogP contribution in [0.5, 0.6) is 0 Å². The van der Waals surface area contributed by atoms with Crippen LogP contribution in [0.4, 0.5) is 4.79 Å². The van der Waals surface area contributed by atoms with Gasteiger partial charge in [-0.05, 0) is 68.9 Å². The van der Waals surface area contributed by atoms with Gasteiger partial charge in [-0.3, -0.25) is 24.1 Å². The number of rotatable bonds is 11. The Balaban J connectivity index is 1.26. The van der Waals surface area contributed by atoms with E-state index in [1.54, 1.807) is 12.4 Å². The van der Waals surface area contributed by atoms with Crippen LogP contribution in [-0.4, -0.2) is 82.6 Å². The number of thiazole rings is 1. The van der Waals surface area contributed by atoms with Gasteiger partial charge >= 0.3 is 6.09 Å². The monoisotopic (exact) mass is 712 g/mol. The quantitative estimate of drug-likeness (QED) is 0.294. The summed E-state index contributed by atoms with van der Waals surface area (Å²) in [6.45, 7) is 9.39. The fourth-order valence-corrected chi connectivity index (χ4v) is 9.04. The molecule has 2 aromatic heterocycles. The van der Waals surface area contributed by atoms with E-state index in [1.165, 1.54) is 22.3 Å². The molecule has 49 heavy (non-hydrogen) atoms. The predicted octanol–water partition coefficient (Wildman–Crippen LogP) is 3.64. The molecule has 3 heterocycles. The van der Waals surface area contributed by atoms with Gasteiger partial charge in [0.2, 0.25) is 21.8 Å². The van der Waals surface area contributed by atoms with Gasteiger partial charge in [0.15, 0.2) is 0 Å². The minimum Gasteiger partial charge on any atom is -0.446 e. The van der Waals surface area contributed by atoms with Crippen LogP contribution < -0.4 is 15.4 Å². The summed E-state index contributed by atoms with van der Waals surface area (Å²) in [4.78, 5) is 65.6. The summed E-state index contributed by atoms with van der Waals surface area (Å²) >= 11 is 1.43. The smallest absolute Gasteiger partial charge is 0.408 e. The molecular weight excluding hydrogens is 669 g/mol. The summed E-state index contributed by atoms with van der Waals surface area (Å²) in [5.74, 6) is -2.69. The van der Waals surface area contributed by atoms with Gasteiger partial charge in [0.25, 0.3) is 5.91 Å². The first kappa shape index (κ1) is 35.0. The summed E-state index contributed by atoms with van der Waals surface area (Å²) in [5.41, 5.74) is -0.706. The largest absolute Gasteiger partial charge is 0.446 e. The lowest BCUT2D eigenvalue weighted by Gasteiger charge is -2.35. The van der Waals surface area contributed by atoms with Crippen molar-refractivity contribution in [2.75, 3.05) is 6.54 Å². The van der Waals surface area contributed by atoms with Gasteiger partial charge in [-0.25, -0.2) is 18.2 Å². The van der Waals surface area contributed by atoms with Crippen LogP contribution in [-0.2, 0) is 29.1 Å². The summed E-state index contributed by atoms with van der Waals surface area (Å²) in [6.07, 6.45) is 8.86. The Morgan fingerprint density at radius 3 is 2.51 bits per heavy atom. The number of carbonyl (C=O) groups excluding carboxylic acids is 4. The molecule has 0 aromatic carbocycles. The minimum absolute atomic E-state index is 0.138. The third kappa shape index (κ3) is 7.52. The first-order valence-electron chi connectivity index (χ1n) is 16.9. The second-order valence-corrected chi connectivity index (χ2v) is 17.5. The molecule has 15 heteroatoms. The third-order valence-corrected chi connectivity index (χ3v) is 12.7. The zero-order valence-electron chi connectivity index (χ0n) is 28.0. The third-order valence-electron chi connectivity index (χ3n) is 9.94. The van der Waals surface area contributed by atoms with Crippen LogP contribution in [0, 0.1) is 11.3 Å². The number of amides is 4. The Bertz CT molecular complexity index is 1720. The van der Waals surface area contributed by atoms with Gasteiger partial charge in [0.05, 0.1) is 10.9 Å². The standard InChI is InChI=1S/C34H44N6O7S2/c1-5-22-16-34(22,31(43)39-49(45,46)24-12-13-24)38-28(41)26-15-21(25-19-48-29(36-25)20-9-8-14-35-17-20)18-40(26)30(42)27(33(2,3)4)37-32(44)47-23-10-6-7-11-23/h5,8-9,14,17,19,21-24,26-27H,1,6-7,10-13,15-16,18H2,2-4H3,(H,37,44)(H,38,41)(H,39,43)/t21-,22-,26+,27-,34-/m1/s1. The van der Waals surface area contributed by atoms with Gasteiger partial charge in [-0.2, -0.15) is 0 Å². The van der Waals surface area contributed by atoms with Gasteiger partial charge in [0, 0.05) is 41.7 Å². The maximum atomic E-state index is 14.5. The lowest BCUT2D eigenvalue weighted by atomic mass is 9.85. The van der Waals surface area contributed by atoms with Crippen molar-refractivity contribution in [1.82, 2.24) is 30.2 Å². The highest BCUT2D eigenvalue weighted by Crippen LogP contribution is 2.46. The van der Waals surface area contributed by atoms with Crippen molar-refractivity contribution in [2.45, 2.75) is 107 Å². The lowest BCUT2D eigenvalue weighted by molar-refractivity contribution is -0.142. The van der Waals surface area contributed by atoms with Crippen LogP contribution in [0.3, 0.4) is 0 Å². The van der Waals surface area contributed by atoms with Crippen LogP contribution in [0.1, 0.15) is 83.7 Å². The van der Waals surface area contributed by atoms with Crippen LogP contribution in [0.25, 0.3) is 10.6 Å². The zero-order chi connectivity index (χ0) is 35.1. The first-order valence-corrected chi connectivity index (χ1v) is 19.3. The van der Waals surface area contributed by atoms with E-state index in [2.05, 4.69) is 26.9 Å². The van der Waals surface area contributed by atoms with Crippen molar-refractivity contribution in [2.24, 2.45) is 11.3 Å². The highest BCUT2D eigenvalue weighted by Gasteiger charge is 2.62. The molecule has 6 rings (SSSR count). The molecule has 1 saturated heterocycles. The molecule has 4 aliphatic rings. The molecule has 0 unspecified atom stereocenters. The van der Waals surface area contributed by atoms with E-state index in [9.17, 15) is 27.6 Å². The number of sulfonamides is 1. The Hall–Kier alpha value is -3.85. The highest BCUT2D eigenvalue weighted by atomic mass is 32.2. The van der Waals surface area contributed by atoms with Gasteiger partial charge < -0.3 is 20.3 Å². The molecule has 0 radical (unpaired) electrons. The van der Waals surface area contributed by atoms with E-state index in [1.807, 2.05) is 38.3 Å². The molecule has 264 valence electrons. The number of likely N-dealkylation sites (tertiary alicyclic amines) is 1. The number of nitrogens with zero attached hydrogens (tertiary/aromatic N) is 3. The summed E-state index contributed by atoms with van der Waals surface area (Å²) in [7, 11) is -3.87. The van der Waals surface area contributed by atoms with E-state index in [-0.39, 0.29) is 31.4 Å². The molecular formula is C34H44N6O7S2. The summed E-state index contributed by atoms with van der Waals surface area (Å²) in [5, 5.41) is 7.65. The SMILES string of the molecule is C=C[C@@H]1C[C@]1(NC(=O)[C@@H]1C[C@@H](c2csc(-c3cccnc3)n2)CN1C(=O)[C@@H](NC(=O)OC1CCCC1)C(C)(C)C)C(=O)NS(=O)(=O)C1CC1. The normalized spacial score (nSPS) is 26.1. The minimum atomic E-state index is -3.87. The maximum absolute atomic E-state index is 14.5. The fourth-order valence-electron chi connectivity index (χ4n) is 6.78. The molecule has 3 N–H and O–H groups in total. The number of hydrogen-bond acceptors (Lipinski definition) is 10. The average Bonchev–Trinajstić information content (AvgIpc) is 3.82. The molecule has 4 amide bonds. The van der Waals surface area contributed by atoms with Crippen LogP contribution in [0.15, 0.2) is 42.6 Å². The van der Waals surface area contributed by atoms with Gasteiger partial charge in [0.1, 0.15) is 28.7 Å².